The number of carbonyl (C=O) groups excluding carboxylic acids is 1. The van der Waals surface area contributed by atoms with Crippen molar-refractivity contribution in [3.05, 3.63) is 72.3 Å². The van der Waals surface area contributed by atoms with E-state index >= 15 is 0 Å². The molecule has 10 nitrogen and oxygen atoms in total. The quantitative estimate of drug-likeness (QED) is 0.377. The normalized spacial score (nSPS) is 15.7. The molecule has 0 unspecified atom stereocenters. The van der Waals surface area contributed by atoms with Crippen LogP contribution >= 0.6 is 0 Å². The lowest BCUT2D eigenvalue weighted by Gasteiger charge is -2.24. The maximum absolute atomic E-state index is 12.6. The topological polar surface area (TPSA) is 144 Å². The predicted octanol–water partition coefficient (Wildman–Crippen LogP) is 2.35. The first-order chi connectivity index (χ1) is 17.8. The van der Waals surface area contributed by atoms with E-state index in [9.17, 15) is 13.2 Å². The van der Waals surface area contributed by atoms with Crippen LogP contribution in [0, 0.1) is 0 Å². The Morgan fingerprint density at radius 2 is 1.95 bits per heavy atom. The smallest absolute Gasteiger partial charge is 0.253 e. The molecule has 0 saturated carbocycles. The summed E-state index contributed by atoms with van der Waals surface area (Å²) in [5, 5.41) is 3.62. The number of amides is 1. The molecule has 37 heavy (non-hydrogen) atoms. The van der Waals surface area contributed by atoms with Gasteiger partial charge in [0.15, 0.2) is 9.84 Å². The van der Waals surface area contributed by atoms with Gasteiger partial charge in [-0.25, -0.2) is 18.4 Å². The second kappa shape index (κ2) is 10.2. The standard InChI is InChI=1S/C26H27N7O3S/c1-37(35,36)21-10-18(13-28-16-21)26(34)30-15-19-11-24-17(14-29-19)7-8-23(31-24)22-5-2-6-25(32-22)33-9-3-4-20(33)12-27/h2,5-8,10-11,13-14,16,20H,3-4,9,12,15,27H2,1H3,(H,30,34)/t20-/m1/s1. The molecule has 1 fully saturated rings. The number of hydrogen-bond donors (Lipinski definition) is 2. The van der Waals surface area contributed by atoms with E-state index in [-0.39, 0.29) is 17.0 Å². The first-order valence-electron chi connectivity index (χ1n) is 11.9. The Morgan fingerprint density at radius 3 is 2.76 bits per heavy atom. The lowest BCUT2D eigenvalue weighted by molar-refractivity contribution is 0.0950. The molecular weight excluding hydrogens is 490 g/mol. The van der Waals surface area contributed by atoms with Crippen molar-refractivity contribution in [3.63, 3.8) is 0 Å². The van der Waals surface area contributed by atoms with Crippen LogP contribution in [-0.4, -0.2) is 59.6 Å². The van der Waals surface area contributed by atoms with Crippen molar-refractivity contribution >= 4 is 32.5 Å². The monoisotopic (exact) mass is 517 g/mol. The van der Waals surface area contributed by atoms with Crippen molar-refractivity contribution in [1.29, 1.82) is 0 Å². The van der Waals surface area contributed by atoms with Crippen LogP contribution in [0.1, 0.15) is 28.9 Å². The summed E-state index contributed by atoms with van der Waals surface area (Å²) in [6.07, 6.45) is 7.49. The highest BCUT2D eigenvalue weighted by Gasteiger charge is 2.24. The number of carbonyl (C=O) groups is 1. The van der Waals surface area contributed by atoms with Gasteiger partial charge >= 0.3 is 0 Å². The fraction of sp³-hybridized carbons (Fsp3) is 0.269. The van der Waals surface area contributed by atoms with Gasteiger partial charge < -0.3 is 16.0 Å². The van der Waals surface area contributed by atoms with Crippen LogP contribution in [0.4, 0.5) is 5.82 Å². The molecule has 1 aliphatic heterocycles. The summed E-state index contributed by atoms with van der Waals surface area (Å²) in [6.45, 7) is 1.69. The minimum Gasteiger partial charge on any atom is -0.352 e. The largest absolute Gasteiger partial charge is 0.352 e. The molecule has 0 aliphatic carbocycles. The summed E-state index contributed by atoms with van der Waals surface area (Å²) in [5.41, 5.74) is 8.95. The van der Waals surface area contributed by atoms with Crippen LogP contribution in [0.25, 0.3) is 22.3 Å². The van der Waals surface area contributed by atoms with Gasteiger partial charge in [-0.05, 0) is 49.2 Å². The van der Waals surface area contributed by atoms with E-state index in [0.717, 1.165) is 53.8 Å². The van der Waals surface area contributed by atoms with Crippen LogP contribution < -0.4 is 16.0 Å². The van der Waals surface area contributed by atoms with Crippen LogP contribution in [0.15, 0.2) is 66.0 Å². The Bertz CT molecular complexity index is 1580. The van der Waals surface area contributed by atoms with Crippen molar-refractivity contribution in [1.82, 2.24) is 25.3 Å². The van der Waals surface area contributed by atoms with E-state index in [4.69, 9.17) is 15.7 Å². The zero-order chi connectivity index (χ0) is 26.0. The van der Waals surface area contributed by atoms with E-state index in [2.05, 4.69) is 20.2 Å². The van der Waals surface area contributed by atoms with Gasteiger partial charge in [0.2, 0.25) is 0 Å². The van der Waals surface area contributed by atoms with Crippen molar-refractivity contribution in [3.8, 4) is 11.4 Å². The van der Waals surface area contributed by atoms with Crippen LogP contribution in [0.5, 0.6) is 0 Å². The first kappa shape index (κ1) is 24.7. The Hall–Kier alpha value is -3.96. The number of hydrogen-bond acceptors (Lipinski definition) is 9. The average molecular weight is 518 g/mol. The van der Waals surface area contributed by atoms with Crippen LogP contribution in [-0.2, 0) is 16.4 Å². The maximum atomic E-state index is 12.6. The molecule has 1 atom stereocenters. The molecular formula is C26H27N7O3S. The van der Waals surface area contributed by atoms with Crippen LogP contribution in [0.3, 0.4) is 0 Å². The van der Waals surface area contributed by atoms with Gasteiger partial charge in [-0.15, -0.1) is 0 Å². The third-order valence-electron chi connectivity index (χ3n) is 6.40. The minimum atomic E-state index is -3.47. The Kier molecular flexibility index (Phi) is 6.81. The van der Waals surface area contributed by atoms with E-state index < -0.39 is 15.7 Å². The molecule has 0 radical (unpaired) electrons. The summed E-state index contributed by atoms with van der Waals surface area (Å²) < 4.78 is 23.5. The SMILES string of the molecule is CS(=O)(=O)c1cncc(C(=O)NCc2cc3nc(-c4cccc(N5CCC[C@@H]5CN)n4)ccc3cn2)c1. The Balaban J connectivity index is 1.35. The summed E-state index contributed by atoms with van der Waals surface area (Å²) in [4.78, 5) is 32.8. The molecule has 0 aromatic carbocycles. The molecule has 5 rings (SSSR count). The van der Waals surface area contributed by atoms with Gasteiger partial charge in [0, 0.05) is 49.4 Å². The number of nitrogens with zero attached hydrogens (tertiary/aromatic N) is 5. The van der Waals surface area contributed by atoms with Crippen molar-refractivity contribution in [2.45, 2.75) is 30.3 Å². The van der Waals surface area contributed by atoms with Gasteiger partial charge in [0.05, 0.1) is 39.6 Å². The molecule has 1 amide bonds. The lowest BCUT2D eigenvalue weighted by atomic mass is 10.2. The molecule has 5 heterocycles. The third-order valence-corrected chi connectivity index (χ3v) is 7.48. The fourth-order valence-electron chi connectivity index (χ4n) is 4.42. The van der Waals surface area contributed by atoms with Crippen molar-refractivity contribution < 1.29 is 13.2 Å². The number of pyridine rings is 4. The summed E-state index contributed by atoms with van der Waals surface area (Å²) in [6, 6.07) is 13.2. The predicted molar refractivity (Wildman–Crippen MR) is 141 cm³/mol. The zero-order valence-corrected chi connectivity index (χ0v) is 21.1. The summed E-state index contributed by atoms with van der Waals surface area (Å²) in [5.74, 6) is 0.459. The van der Waals surface area contributed by atoms with Gasteiger partial charge in [0.1, 0.15) is 5.82 Å². The van der Waals surface area contributed by atoms with E-state index in [1.54, 1.807) is 6.20 Å². The van der Waals surface area contributed by atoms with E-state index in [1.807, 2.05) is 36.4 Å². The zero-order valence-electron chi connectivity index (χ0n) is 20.3. The summed E-state index contributed by atoms with van der Waals surface area (Å²) in [7, 11) is -3.47. The van der Waals surface area contributed by atoms with Gasteiger partial charge in [-0.1, -0.05) is 6.07 Å². The highest BCUT2D eigenvalue weighted by molar-refractivity contribution is 7.90. The number of aromatic nitrogens is 4. The Labute approximate surface area is 214 Å². The minimum absolute atomic E-state index is 0.0123. The molecule has 11 heteroatoms. The van der Waals surface area contributed by atoms with E-state index in [1.165, 1.54) is 18.5 Å². The highest BCUT2D eigenvalue weighted by Crippen LogP contribution is 2.26. The molecule has 4 aromatic heterocycles. The number of rotatable bonds is 7. The van der Waals surface area contributed by atoms with Gasteiger partial charge in [-0.3, -0.25) is 14.8 Å². The average Bonchev–Trinajstić information content (AvgIpc) is 3.40. The van der Waals surface area contributed by atoms with Gasteiger partial charge in [0.25, 0.3) is 5.91 Å². The molecule has 4 aromatic rings. The fourth-order valence-corrected chi connectivity index (χ4v) is 5.02. The Morgan fingerprint density at radius 1 is 1.11 bits per heavy atom. The maximum Gasteiger partial charge on any atom is 0.253 e. The first-order valence-corrected chi connectivity index (χ1v) is 13.8. The van der Waals surface area contributed by atoms with Crippen molar-refractivity contribution in [2.24, 2.45) is 5.73 Å². The van der Waals surface area contributed by atoms with Crippen LogP contribution in [0.2, 0.25) is 0 Å². The highest BCUT2D eigenvalue weighted by atomic mass is 32.2. The third kappa shape index (κ3) is 5.42. The number of sulfone groups is 1. The number of nitrogens with one attached hydrogen (secondary N) is 1. The lowest BCUT2D eigenvalue weighted by Crippen LogP contribution is -2.35. The molecule has 190 valence electrons. The number of fused-ring (bicyclic) bond motifs is 1. The van der Waals surface area contributed by atoms with E-state index in [0.29, 0.717) is 18.3 Å². The second-order valence-corrected chi connectivity index (χ2v) is 11.1. The molecule has 3 N–H and O–H groups in total. The molecule has 0 spiro atoms. The molecule has 1 aliphatic rings. The molecule has 1 saturated heterocycles. The summed E-state index contributed by atoms with van der Waals surface area (Å²) >= 11 is 0. The number of nitrogens with two attached hydrogens (primary N) is 1. The molecule has 0 bridgehead atoms. The van der Waals surface area contributed by atoms with Crippen molar-refractivity contribution in [2.75, 3.05) is 24.2 Å². The second-order valence-electron chi connectivity index (χ2n) is 9.04. The van der Waals surface area contributed by atoms with Gasteiger partial charge in [-0.2, -0.15) is 0 Å². The number of anilines is 1.